The molecule has 2 heterocycles. The van der Waals surface area contributed by atoms with Crippen LogP contribution in [0.5, 0.6) is 0 Å². The fourth-order valence-corrected chi connectivity index (χ4v) is 2.05. The van der Waals surface area contributed by atoms with Gasteiger partial charge in [-0.1, -0.05) is 18.2 Å². The third kappa shape index (κ3) is 1.62. The molecule has 17 heavy (non-hydrogen) atoms. The lowest BCUT2D eigenvalue weighted by molar-refractivity contribution is 1.19. The van der Waals surface area contributed by atoms with Crippen LogP contribution in [0.25, 0.3) is 16.9 Å². The lowest BCUT2D eigenvalue weighted by Crippen LogP contribution is -1.88. The molecular weight excluding hydrogens is 208 g/mol. The average molecular weight is 222 g/mol. The fourth-order valence-electron chi connectivity index (χ4n) is 2.05. The first kappa shape index (κ1) is 10.1. The SMILES string of the molecule is Cc1ccc(-c2cnc3ccccn23)cc1C. The van der Waals surface area contributed by atoms with E-state index in [0.717, 1.165) is 11.3 Å². The Labute approximate surface area is 101 Å². The lowest BCUT2D eigenvalue weighted by atomic mass is 10.0. The molecule has 0 fully saturated rings. The quantitative estimate of drug-likeness (QED) is 0.614. The molecule has 0 bridgehead atoms. The van der Waals surface area contributed by atoms with Gasteiger partial charge in [0.1, 0.15) is 5.65 Å². The molecule has 2 nitrogen and oxygen atoms in total. The van der Waals surface area contributed by atoms with Gasteiger partial charge in [-0.25, -0.2) is 4.98 Å². The van der Waals surface area contributed by atoms with Crippen molar-refractivity contribution in [3.05, 3.63) is 59.9 Å². The lowest BCUT2D eigenvalue weighted by Gasteiger charge is -2.05. The highest BCUT2D eigenvalue weighted by atomic mass is 15.0. The summed E-state index contributed by atoms with van der Waals surface area (Å²) in [5.41, 5.74) is 5.98. The molecule has 0 atom stereocenters. The van der Waals surface area contributed by atoms with Crippen molar-refractivity contribution in [2.45, 2.75) is 13.8 Å². The molecule has 0 spiro atoms. The second-order valence-corrected chi connectivity index (χ2v) is 4.37. The Morgan fingerprint density at radius 1 is 1.00 bits per heavy atom. The normalized spacial score (nSPS) is 10.9. The average Bonchev–Trinajstić information content (AvgIpc) is 2.76. The van der Waals surface area contributed by atoms with E-state index in [0.29, 0.717) is 0 Å². The van der Waals surface area contributed by atoms with Crippen molar-refractivity contribution in [3.63, 3.8) is 0 Å². The third-order valence-corrected chi connectivity index (χ3v) is 3.22. The molecule has 0 aliphatic heterocycles. The van der Waals surface area contributed by atoms with Gasteiger partial charge >= 0.3 is 0 Å². The highest BCUT2D eigenvalue weighted by Gasteiger charge is 2.05. The molecule has 0 unspecified atom stereocenters. The number of rotatable bonds is 1. The topological polar surface area (TPSA) is 17.3 Å². The first-order chi connectivity index (χ1) is 8.25. The van der Waals surface area contributed by atoms with Crippen LogP contribution in [0.3, 0.4) is 0 Å². The summed E-state index contributed by atoms with van der Waals surface area (Å²) in [6.07, 6.45) is 3.98. The van der Waals surface area contributed by atoms with Gasteiger partial charge in [0.25, 0.3) is 0 Å². The molecule has 2 aromatic heterocycles. The number of hydrogen-bond donors (Lipinski definition) is 0. The van der Waals surface area contributed by atoms with Crippen LogP contribution in [0, 0.1) is 13.8 Å². The second-order valence-electron chi connectivity index (χ2n) is 4.37. The highest BCUT2D eigenvalue weighted by molar-refractivity contribution is 5.64. The minimum atomic E-state index is 0.987. The van der Waals surface area contributed by atoms with Crippen LogP contribution in [-0.2, 0) is 0 Å². The van der Waals surface area contributed by atoms with Gasteiger partial charge in [0, 0.05) is 11.8 Å². The zero-order chi connectivity index (χ0) is 11.8. The van der Waals surface area contributed by atoms with Crippen LogP contribution in [-0.4, -0.2) is 9.38 Å². The third-order valence-electron chi connectivity index (χ3n) is 3.22. The van der Waals surface area contributed by atoms with Crippen molar-refractivity contribution in [1.29, 1.82) is 0 Å². The first-order valence-corrected chi connectivity index (χ1v) is 5.75. The van der Waals surface area contributed by atoms with Gasteiger partial charge in [0.15, 0.2) is 0 Å². The van der Waals surface area contributed by atoms with E-state index in [9.17, 15) is 0 Å². The number of aromatic nitrogens is 2. The second kappa shape index (κ2) is 3.74. The van der Waals surface area contributed by atoms with E-state index < -0.39 is 0 Å². The van der Waals surface area contributed by atoms with Gasteiger partial charge in [-0.3, -0.25) is 4.40 Å². The van der Waals surface area contributed by atoms with Gasteiger partial charge in [-0.05, 0) is 43.2 Å². The summed E-state index contributed by atoms with van der Waals surface area (Å²) in [4.78, 5) is 4.41. The van der Waals surface area contributed by atoms with Crippen LogP contribution < -0.4 is 0 Å². The Morgan fingerprint density at radius 2 is 1.88 bits per heavy atom. The van der Waals surface area contributed by atoms with E-state index in [4.69, 9.17) is 0 Å². The molecule has 0 saturated heterocycles. The van der Waals surface area contributed by atoms with Gasteiger partial charge in [-0.15, -0.1) is 0 Å². The fraction of sp³-hybridized carbons (Fsp3) is 0.133. The van der Waals surface area contributed by atoms with Crippen molar-refractivity contribution < 1.29 is 0 Å². The summed E-state index contributed by atoms with van der Waals surface area (Å²) in [6.45, 7) is 4.27. The van der Waals surface area contributed by atoms with Gasteiger partial charge in [0.2, 0.25) is 0 Å². The molecule has 0 radical (unpaired) electrons. The maximum atomic E-state index is 4.41. The van der Waals surface area contributed by atoms with E-state index in [-0.39, 0.29) is 0 Å². The largest absolute Gasteiger partial charge is 0.300 e. The minimum absolute atomic E-state index is 0.987. The highest BCUT2D eigenvalue weighted by Crippen LogP contribution is 2.22. The van der Waals surface area contributed by atoms with Crippen molar-refractivity contribution in [2.24, 2.45) is 0 Å². The Hall–Kier alpha value is -2.09. The summed E-state index contributed by atoms with van der Waals surface area (Å²) in [7, 11) is 0. The molecule has 3 aromatic rings. The summed E-state index contributed by atoms with van der Waals surface area (Å²) < 4.78 is 2.12. The van der Waals surface area contributed by atoms with Gasteiger partial charge in [0.05, 0.1) is 11.9 Å². The predicted molar refractivity (Wildman–Crippen MR) is 70.1 cm³/mol. The van der Waals surface area contributed by atoms with E-state index in [1.807, 2.05) is 30.6 Å². The van der Waals surface area contributed by atoms with E-state index in [1.54, 1.807) is 0 Å². The molecule has 3 rings (SSSR count). The summed E-state index contributed by atoms with van der Waals surface area (Å²) in [5.74, 6) is 0. The predicted octanol–water partition coefficient (Wildman–Crippen LogP) is 3.62. The van der Waals surface area contributed by atoms with Crippen LogP contribution in [0.4, 0.5) is 0 Å². The maximum Gasteiger partial charge on any atom is 0.137 e. The number of aryl methyl sites for hydroxylation is 2. The van der Waals surface area contributed by atoms with Crippen molar-refractivity contribution >= 4 is 5.65 Å². The molecule has 0 amide bonds. The standard InChI is InChI=1S/C15H14N2/c1-11-6-7-13(9-12(11)2)14-10-16-15-5-3-4-8-17(14)15/h3-10H,1-2H3. The van der Waals surface area contributed by atoms with Crippen molar-refractivity contribution in [2.75, 3.05) is 0 Å². The molecule has 0 aliphatic rings. The van der Waals surface area contributed by atoms with E-state index >= 15 is 0 Å². The molecule has 84 valence electrons. The van der Waals surface area contributed by atoms with Gasteiger partial charge in [-0.2, -0.15) is 0 Å². The zero-order valence-electron chi connectivity index (χ0n) is 10.0. The Balaban J connectivity index is 2.24. The molecule has 1 aromatic carbocycles. The van der Waals surface area contributed by atoms with Crippen LogP contribution >= 0.6 is 0 Å². The van der Waals surface area contributed by atoms with E-state index in [1.165, 1.54) is 16.7 Å². The summed E-state index contributed by atoms with van der Waals surface area (Å²) in [6, 6.07) is 12.6. The van der Waals surface area contributed by atoms with Crippen molar-refractivity contribution in [1.82, 2.24) is 9.38 Å². The number of fused-ring (bicyclic) bond motifs is 1. The number of benzene rings is 1. The molecule has 0 saturated carbocycles. The number of pyridine rings is 1. The Morgan fingerprint density at radius 3 is 2.71 bits per heavy atom. The maximum absolute atomic E-state index is 4.41. The number of nitrogens with zero attached hydrogens (tertiary/aromatic N) is 2. The van der Waals surface area contributed by atoms with Crippen LogP contribution in [0.2, 0.25) is 0 Å². The minimum Gasteiger partial charge on any atom is -0.300 e. The molecular formula is C15H14N2. The monoisotopic (exact) mass is 222 g/mol. The summed E-state index contributed by atoms with van der Waals surface area (Å²) in [5, 5.41) is 0. The molecule has 0 N–H and O–H groups in total. The number of imidazole rings is 1. The Bertz CT molecular complexity index is 680. The molecule has 2 heteroatoms. The van der Waals surface area contributed by atoms with Gasteiger partial charge < -0.3 is 0 Å². The first-order valence-electron chi connectivity index (χ1n) is 5.75. The summed E-state index contributed by atoms with van der Waals surface area (Å²) >= 11 is 0. The zero-order valence-corrected chi connectivity index (χ0v) is 10.0. The van der Waals surface area contributed by atoms with Crippen LogP contribution in [0.15, 0.2) is 48.8 Å². The van der Waals surface area contributed by atoms with E-state index in [2.05, 4.69) is 41.4 Å². The number of hydrogen-bond acceptors (Lipinski definition) is 1. The smallest absolute Gasteiger partial charge is 0.137 e. The van der Waals surface area contributed by atoms with Crippen molar-refractivity contribution in [3.8, 4) is 11.3 Å². The molecule has 0 aliphatic carbocycles. The Kier molecular flexibility index (Phi) is 2.22. The van der Waals surface area contributed by atoms with Crippen LogP contribution in [0.1, 0.15) is 11.1 Å².